The van der Waals surface area contributed by atoms with E-state index in [1.165, 1.54) is 180 Å². The summed E-state index contributed by atoms with van der Waals surface area (Å²) in [5.41, 5.74) is 0. The number of unbranched alkanes of at least 4 members (excludes halogenated alkanes) is 32. The number of hydrogen-bond acceptors (Lipinski definition) is 3. The molecule has 4 heteroatoms. The summed E-state index contributed by atoms with van der Waals surface area (Å²) >= 11 is 0. The van der Waals surface area contributed by atoms with Gasteiger partial charge in [0.2, 0.25) is 5.91 Å². The molecule has 0 heterocycles. The molecule has 0 fully saturated rings. The van der Waals surface area contributed by atoms with Gasteiger partial charge in [-0.3, -0.25) is 4.79 Å². The van der Waals surface area contributed by atoms with Gasteiger partial charge < -0.3 is 15.5 Å². The van der Waals surface area contributed by atoms with Crippen molar-refractivity contribution in [3.63, 3.8) is 0 Å². The minimum absolute atomic E-state index is 0.0911. The second-order valence-electron chi connectivity index (χ2n) is 17.6. The molecular weight excluding hydrogens is 723 g/mol. The number of carbonyl (C=O) groups is 1. The highest BCUT2D eigenvalue weighted by Crippen LogP contribution is 2.16. The highest BCUT2D eigenvalue weighted by Gasteiger charge is 2.17. The van der Waals surface area contributed by atoms with E-state index in [-0.39, 0.29) is 12.5 Å². The first-order valence-corrected chi connectivity index (χ1v) is 26.0. The first kappa shape index (κ1) is 57.1. The molecule has 0 rings (SSSR count). The predicted molar refractivity (Wildman–Crippen MR) is 262 cm³/mol. The first-order valence-electron chi connectivity index (χ1n) is 26.0. The molecule has 4 nitrogen and oxygen atoms in total. The van der Waals surface area contributed by atoms with Gasteiger partial charge in [0.15, 0.2) is 0 Å². The lowest BCUT2D eigenvalue weighted by atomic mass is 10.0. The van der Waals surface area contributed by atoms with Crippen LogP contribution in [0.3, 0.4) is 0 Å². The fraction of sp³-hybridized carbons (Fsp3) is 0.800. The van der Waals surface area contributed by atoms with Crippen LogP contribution in [-0.4, -0.2) is 34.9 Å². The average molecular weight is 824 g/mol. The fourth-order valence-electron chi connectivity index (χ4n) is 7.80. The highest BCUT2D eigenvalue weighted by molar-refractivity contribution is 5.76. The molecule has 0 aliphatic carbocycles. The van der Waals surface area contributed by atoms with Crippen molar-refractivity contribution in [2.45, 2.75) is 276 Å². The maximum atomic E-state index is 12.4. The van der Waals surface area contributed by atoms with Crippen LogP contribution in [0.5, 0.6) is 0 Å². The van der Waals surface area contributed by atoms with Crippen LogP contribution < -0.4 is 5.32 Å². The summed E-state index contributed by atoms with van der Waals surface area (Å²) in [5, 5.41) is 23.0. The second-order valence-corrected chi connectivity index (χ2v) is 17.6. The summed E-state index contributed by atoms with van der Waals surface area (Å²) in [6, 6.07) is -0.651. The summed E-state index contributed by atoms with van der Waals surface area (Å²) in [4.78, 5) is 12.4. The Labute approximate surface area is 368 Å². The molecule has 0 radical (unpaired) electrons. The third-order valence-corrected chi connectivity index (χ3v) is 11.7. The maximum Gasteiger partial charge on any atom is 0.220 e. The van der Waals surface area contributed by atoms with Crippen molar-refractivity contribution >= 4 is 5.91 Å². The molecule has 2 unspecified atom stereocenters. The fourth-order valence-corrected chi connectivity index (χ4v) is 7.80. The van der Waals surface area contributed by atoms with E-state index in [0.29, 0.717) is 6.42 Å². The van der Waals surface area contributed by atoms with Gasteiger partial charge in [-0.05, 0) is 64.2 Å². The number of carbonyl (C=O) groups excluding carboxylic acids is 1. The average Bonchev–Trinajstić information content (AvgIpc) is 3.24. The number of hydrogen-bond donors (Lipinski definition) is 3. The van der Waals surface area contributed by atoms with E-state index in [1.807, 2.05) is 6.08 Å². The topological polar surface area (TPSA) is 69.6 Å². The van der Waals surface area contributed by atoms with Crippen LogP contribution in [0.25, 0.3) is 0 Å². The van der Waals surface area contributed by atoms with Crippen LogP contribution in [0.4, 0.5) is 0 Å². The third kappa shape index (κ3) is 47.0. The van der Waals surface area contributed by atoms with Gasteiger partial charge in [0.1, 0.15) is 0 Å². The van der Waals surface area contributed by atoms with Crippen molar-refractivity contribution in [2.24, 2.45) is 0 Å². The zero-order valence-corrected chi connectivity index (χ0v) is 39.5. The van der Waals surface area contributed by atoms with E-state index >= 15 is 0 Å². The molecule has 344 valence electrons. The summed E-state index contributed by atoms with van der Waals surface area (Å²) in [6.45, 7) is 4.19. The number of rotatable bonds is 47. The van der Waals surface area contributed by atoms with Gasteiger partial charge in [-0.15, -0.1) is 0 Å². The van der Waals surface area contributed by atoms with Crippen LogP contribution in [0.15, 0.2) is 60.8 Å². The number of allylic oxidation sites excluding steroid dienone is 9. The molecule has 1 amide bonds. The van der Waals surface area contributed by atoms with Crippen LogP contribution in [0.2, 0.25) is 0 Å². The Bertz CT molecular complexity index is 981. The number of amides is 1. The molecule has 0 bridgehead atoms. The van der Waals surface area contributed by atoms with Gasteiger partial charge in [0.25, 0.3) is 0 Å². The molecule has 0 aliphatic rings. The van der Waals surface area contributed by atoms with Gasteiger partial charge in [-0.2, -0.15) is 0 Å². The summed E-state index contributed by atoms with van der Waals surface area (Å²) in [7, 11) is 0. The van der Waals surface area contributed by atoms with Crippen molar-refractivity contribution < 1.29 is 15.0 Å². The van der Waals surface area contributed by atoms with Crippen molar-refractivity contribution in [1.29, 1.82) is 0 Å². The Kier molecular flexibility index (Phi) is 48.8. The lowest BCUT2D eigenvalue weighted by Crippen LogP contribution is -2.45. The molecular formula is C55H101NO3. The van der Waals surface area contributed by atoms with E-state index in [0.717, 1.165) is 64.2 Å². The second kappa shape index (κ2) is 50.4. The van der Waals surface area contributed by atoms with Gasteiger partial charge in [0.05, 0.1) is 18.8 Å². The molecule has 0 saturated carbocycles. The molecule has 59 heavy (non-hydrogen) atoms. The van der Waals surface area contributed by atoms with E-state index in [9.17, 15) is 15.0 Å². The number of aliphatic hydroxyl groups excluding tert-OH is 2. The Balaban J connectivity index is 3.51. The van der Waals surface area contributed by atoms with Gasteiger partial charge in [0, 0.05) is 6.42 Å². The minimum Gasteiger partial charge on any atom is -0.394 e. The molecule has 0 aliphatic heterocycles. The van der Waals surface area contributed by atoms with E-state index in [4.69, 9.17) is 0 Å². The zero-order chi connectivity index (χ0) is 42.8. The van der Waals surface area contributed by atoms with Gasteiger partial charge in [-0.25, -0.2) is 0 Å². The van der Waals surface area contributed by atoms with Crippen LogP contribution in [0, 0.1) is 0 Å². The van der Waals surface area contributed by atoms with E-state index in [2.05, 4.69) is 67.8 Å². The quantitative estimate of drug-likeness (QED) is 0.0423. The molecule has 0 aromatic carbocycles. The Morgan fingerprint density at radius 3 is 1.19 bits per heavy atom. The third-order valence-electron chi connectivity index (χ3n) is 11.7. The monoisotopic (exact) mass is 824 g/mol. The maximum absolute atomic E-state index is 12.4. The van der Waals surface area contributed by atoms with E-state index < -0.39 is 12.1 Å². The number of aliphatic hydroxyl groups is 2. The van der Waals surface area contributed by atoms with Crippen molar-refractivity contribution in [3.05, 3.63) is 60.8 Å². The largest absolute Gasteiger partial charge is 0.394 e. The van der Waals surface area contributed by atoms with Gasteiger partial charge in [-0.1, -0.05) is 254 Å². The molecule has 0 aromatic rings. The molecule has 3 N–H and O–H groups in total. The smallest absolute Gasteiger partial charge is 0.220 e. The van der Waals surface area contributed by atoms with Crippen molar-refractivity contribution in [3.8, 4) is 0 Å². The summed E-state index contributed by atoms with van der Waals surface area (Å²) < 4.78 is 0. The zero-order valence-electron chi connectivity index (χ0n) is 39.5. The van der Waals surface area contributed by atoms with Crippen molar-refractivity contribution in [1.82, 2.24) is 5.32 Å². The molecule has 2 atom stereocenters. The normalized spacial score (nSPS) is 13.4. The van der Waals surface area contributed by atoms with Crippen LogP contribution in [0.1, 0.15) is 264 Å². The van der Waals surface area contributed by atoms with Crippen LogP contribution >= 0.6 is 0 Å². The first-order chi connectivity index (χ1) is 29.2. The predicted octanol–water partition coefficient (Wildman–Crippen LogP) is 16.9. The SMILES string of the molecule is CC/C=C\C/C=C\C/C=C\CCCCCCCC(=O)NC(CO)C(O)/C=C/CC/C=C/CCCCCCCCCCCCCCCCCCCCCCCCCCCC. The standard InChI is InChI=1S/C55H101NO3/c1-3-5-7-9-11-13-15-17-19-20-21-22-23-24-25-26-27-28-29-30-31-32-33-34-35-37-38-40-42-44-46-48-50-54(58)53(52-57)56-55(59)51-49-47-45-43-41-39-36-18-16-14-12-10-8-6-4-2/h6,8,12,14,18,36,40,42,48,50,53-54,57-58H,3-5,7,9-11,13,15-17,19-35,37-39,41,43-47,49,51-52H2,1-2H3,(H,56,59)/b8-6-,14-12-,36-18-,42-40+,50-48+. The van der Waals surface area contributed by atoms with E-state index in [1.54, 1.807) is 6.08 Å². The summed E-state index contributed by atoms with van der Waals surface area (Å²) in [5.74, 6) is -0.0911. The Hall–Kier alpha value is -1.91. The lowest BCUT2D eigenvalue weighted by Gasteiger charge is -2.19. The van der Waals surface area contributed by atoms with Gasteiger partial charge >= 0.3 is 0 Å². The molecule has 0 saturated heterocycles. The lowest BCUT2D eigenvalue weighted by molar-refractivity contribution is -0.123. The van der Waals surface area contributed by atoms with Crippen molar-refractivity contribution in [2.75, 3.05) is 6.61 Å². The Morgan fingerprint density at radius 2 is 0.763 bits per heavy atom. The Morgan fingerprint density at radius 1 is 0.424 bits per heavy atom. The minimum atomic E-state index is -0.872. The van der Waals surface area contributed by atoms with Crippen LogP contribution in [-0.2, 0) is 4.79 Å². The molecule has 0 aromatic heterocycles. The highest BCUT2D eigenvalue weighted by atomic mass is 16.3. The molecule has 0 spiro atoms. The summed E-state index contributed by atoms with van der Waals surface area (Å²) in [6.07, 6.45) is 71.0. The number of nitrogens with one attached hydrogen (secondary N) is 1.